The summed E-state index contributed by atoms with van der Waals surface area (Å²) in [5.74, 6) is 10.2. The van der Waals surface area contributed by atoms with E-state index in [-0.39, 0.29) is 12.2 Å². The van der Waals surface area contributed by atoms with E-state index in [9.17, 15) is 5.11 Å². The van der Waals surface area contributed by atoms with Crippen LogP contribution in [0, 0.1) is 23.7 Å². The van der Waals surface area contributed by atoms with Crippen molar-refractivity contribution >= 4 is 0 Å². The molecule has 3 rings (SSSR count). The van der Waals surface area contributed by atoms with Crippen LogP contribution in [-0.2, 0) is 14.2 Å². The molecule has 0 aromatic rings. The van der Waals surface area contributed by atoms with Crippen LogP contribution in [0.3, 0.4) is 0 Å². The first kappa shape index (κ1) is 10.3. The van der Waals surface area contributed by atoms with Crippen molar-refractivity contribution in [2.24, 2.45) is 0 Å². The predicted octanol–water partition coefficient (Wildman–Crippen LogP) is 0.296. The highest BCUT2D eigenvalue weighted by Crippen LogP contribution is 2.52. The first-order valence-electron chi connectivity index (χ1n) is 5.27. The fraction of sp³-hybridized carbons (Fsp3) is 0.385. The molecule has 0 amide bonds. The second-order valence-corrected chi connectivity index (χ2v) is 3.88. The molecule has 0 bridgehead atoms. The first-order chi connectivity index (χ1) is 8.28. The van der Waals surface area contributed by atoms with Gasteiger partial charge in [0.05, 0.1) is 6.26 Å². The first-order valence-corrected chi connectivity index (χ1v) is 5.27. The molecular weight excluding hydrogens is 220 g/mol. The van der Waals surface area contributed by atoms with Crippen molar-refractivity contribution < 1.29 is 19.3 Å². The Bertz CT molecular complexity index is 525. The lowest BCUT2D eigenvalue weighted by molar-refractivity contribution is -0.218. The maximum absolute atomic E-state index is 9.80. The zero-order valence-corrected chi connectivity index (χ0v) is 9.14. The molecule has 3 aliphatic heterocycles. The lowest BCUT2D eigenvalue weighted by atomic mass is 10.1. The van der Waals surface area contributed by atoms with Crippen LogP contribution in [0.2, 0.25) is 0 Å². The molecule has 4 atom stereocenters. The Balaban J connectivity index is 1.80. The van der Waals surface area contributed by atoms with Crippen LogP contribution in [-0.4, -0.2) is 29.2 Å². The smallest absolute Gasteiger partial charge is 0.309 e. The molecular formula is C13H10O4. The van der Waals surface area contributed by atoms with Crippen LogP contribution in [0.4, 0.5) is 0 Å². The molecule has 0 aromatic heterocycles. The summed E-state index contributed by atoms with van der Waals surface area (Å²) in [5, 5.41) is 9.80. The number of hydrogen-bond acceptors (Lipinski definition) is 4. The maximum atomic E-state index is 9.80. The Morgan fingerprint density at radius 3 is 3.06 bits per heavy atom. The highest BCUT2D eigenvalue weighted by atomic mass is 16.8. The average molecular weight is 230 g/mol. The van der Waals surface area contributed by atoms with Gasteiger partial charge >= 0.3 is 5.79 Å². The number of epoxide rings is 1. The van der Waals surface area contributed by atoms with E-state index in [1.165, 1.54) is 12.3 Å². The molecule has 4 nitrogen and oxygen atoms in total. The lowest BCUT2D eigenvalue weighted by Crippen LogP contribution is -2.44. The third kappa shape index (κ3) is 1.43. The zero-order valence-electron chi connectivity index (χ0n) is 9.14. The van der Waals surface area contributed by atoms with Crippen molar-refractivity contribution in [3.05, 3.63) is 24.2 Å². The third-order valence-corrected chi connectivity index (χ3v) is 2.85. The van der Waals surface area contributed by atoms with E-state index in [0.717, 1.165) is 0 Å². The number of ether oxygens (including phenoxy) is 3. The van der Waals surface area contributed by atoms with Crippen molar-refractivity contribution in [1.82, 2.24) is 0 Å². The van der Waals surface area contributed by atoms with Crippen molar-refractivity contribution in [3.8, 4) is 23.7 Å². The summed E-state index contributed by atoms with van der Waals surface area (Å²) < 4.78 is 16.4. The molecule has 2 fully saturated rings. The van der Waals surface area contributed by atoms with E-state index in [4.69, 9.17) is 14.2 Å². The number of aliphatic hydroxyl groups excluding tert-OH is 1. The van der Waals surface area contributed by atoms with Crippen molar-refractivity contribution in [3.63, 3.8) is 0 Å². The largest absolute Gasteiger partial charge is 0.455 e. The van der Waals surface area contributed by atoms with Gasteiger partial charge in [0.1, 0.15) is 5.76 Å². The van der Waals surface area contributed by atoms with Crippen LogP contribution >= 0.6 is 0 Å². The molecule has 4 heteroatoms. The molecule has 0 aliphatic carbocycles. The van der Waals surface area contributed by atoms with Crippen molar-refractivity contribution in [1.29, 1.82) is 0 Å². The summed E-state index contributed by atoms with van der Waals surface area (Å²) >= 11 is 0. The van der Waals surface area contributed by atoms with E-state index in [1.807, 2.05) is 0 Å². The minimum absolute atomic E-state index is 0.159. The van der Waals surface area contributed by atoms with Crippen molar-refractivity contribution in [2.75, 3.05) is 0 Å². The Labute approximate surface area is 98.9 Å². The van der Waals surface area contributed by atoms with Gasteiger partial charge in [-0.25, -0.2) is 0 Å². The van der Waals surface area contributed by atoms with E-state index in [2.05, 4.69) is 23.7 Å². The van der Waals surface area contributed by atoms with Crippen LogP contribution in [0.5, 0.6) is 0 Å². The number of aliphatic hydroxyl groups is 1. The van der Waals surface area contributed by atoms with Crippen molar-refractivity contribution in [2.45, 2.75) is 31.0 Å². The maximum Gasteiger partial charge on any atom is 0.309 e. The van der Waals surface area contributed by atoms with Crippen LogP contribution in [0.15, 0.2) is 24.2 Å². The average Bonchev–Trinajstić information content (AvgIpc) is 2.97. The zero-order chi connectivity index (χ0) is 11.9. The fourth-order valence-electron chi connectivity index (χ4n) is 2.00. The molecule has 3 aliphatic rings. The molecule has 0 radical (unpaired) electrons. The molecule has 17 heavy (non-hydrogen) atoms. The molecule has 0 saturated carbocycles. The second kappa shape index (κ2) is 3.56. The Hall–Kier alpha value is -1.88. The SMILES string of the molecule is CC#CC#CC=C1O[C@]2(OC=C[C@H]2O)[C@H]2O[C@@H]12. The summed E-state index contributed by atoms with van der Waals surface area (Å²) in [6.45, 7) is 1.72. The topological polar surface area (TPSA) is 51.2 Å². The van der Waals surface area contributed by atoms with Gasteiger partial charge in [0.15, 0.2) is 18.3 Å². The Kier molecular flexibility index (Phi) is 2.16. The fourth-order valence-corrected chi connectivity index (χ4v) is 2.00. The normalized spacial score (nSPS) is 42.0. The minimum atomic E-state index is -1.10. The summed E-state index contributed by atoms with van der Waals surface area (Å²) in [7, 11) is 0. The predicted molar refractivity (Wildman–Crippen MR) is 58.0 cm³/mol. The van der Waals surface area contributed by atoms with Crippen LogP contribution in [0.25, 0.3) is 0 Å². The number of rotatable bonds is 0. The highest BCUT2D eigenvalue weighted by Gasteiger charge is 2.71. The lowest BCUT2D eigenvalue weighted by Gasteiger charge is -2.27. The number of allylic oxidation sites excluding steroid dienone is 1. The number of hydrogen-bond donors (Lipinski definition) is 1. The summed E-state index contributed by atoms with van der Waals surface area (Å²) in [6.07, 6.45) is 3.35. The van der Waals surface area contributed by atoms with Gasteiger partial charge in [0, 0.05) is 6.08 Å². The minimum Gasteiger partial charge on any atom is -0.455 e. The highest BCUT2D eigenvalue weighted by molar-refractivity contribution is 5.36. The Morgan fingerprint density at radius 1 is 1.47 bits per heavy atom. The third-order valence-electron chi connectivity index (χ3n) is 2.85. The molecule has 2 saturated heterocycles. The molecule has 0 unspecified atom stereocenters. The van der Waals surface area contributed by atoms with E-state index in [1.54, 1.807) is 13.0 Å². The van der Waals surface area contributed by atoms with Gasteiger partial charge in [-0.05, 0) is 24.8 Å². The summed E-state index contributed by atoms with van der Waals surface area (Å²) in [4.78, 5) is 0. The van der Waals surface area contributed by atoms with Gasteiger partial charge in [0.2, 0.25) is 0 Å². The standard InChI is InChI=1S/C13H10O4/c1-2-3-4-5-6-9-11-12(16-11)13(17-9)10(14)7-8-15-13/h6-8,10-12,14H,1H3/t10-,11+,12+,13+/m1/s1. The quantitative estimate of drug-likeness (QED) is 0.480. The summed E-state index contributed by atoms with van der Waals surface area (Å²) in [5.41, 5.74) is 0. The van der Waals surface area contributed by atoms with Gasteiger partial charge in [-0.15, -0.1) is 0 Å². The van der Waals surface area contributed by atoms with Crippen LogP contribution < -0.4 is 0 Å². The van der Waals surface area contributed by atoms with Gasteiger partial charge in [-0.1, -0.05) is 11.8 Å². The van der Waals surface area contributed by atoms with E-state index in [0.29, 0.717) is 5.76 Å². The van der Waals surface area contributed by atoms with E-state index < -0.39 is 11.9 Å². The monoisotopic (exact) mass is 230 g/mol. The molecule has 3 heterocycles. The molecule has 86 valence electrons. The van der Waals surface area contributed by atoms with Gasteiger partial charge in [-0.3, -0.25) is 0 Å². The molecule has 0 aromatic carbocycles. The molecule has 1 spiro atoms. The Morgan fingerprint density at radius 2 is 2.35 bits per heavy atom. The van der Waals surface area contributed by atoms with Gasteiger partial charge in [-0.2, -0.15) is 0 Å². The number of fused-ring (bicyclic) bond motifs is 2. The van der Waals surface area contributed by atoms with E-state index >= 15 is 0 Å². The van der Waals surface area contributed by atoms with Crippen LogP contribution in [0.1, 0.15) is 6.92 Å². The summed E-state index contributed by atoms with van der Waals surface area (Å²) in [6, 6.07) is 0. The second-order valence-electron chi connectivity index (χ2n) is 3.88. The van der Waals surface area contributed by atoms with Gasteiger partial charge in [0.25, 0.3) is 0 Å². The van der Waals surface area contributed by atoms with Gasteiger partial charge < -0.3 is 19.3 Å². The molecule has 1 N–H and O–H groups in total.